The van der Waals surface area contributed by atoms with Gasteiger partial charge in [0.25, 0.3) is 0 Å². The predicted octanol–water partition coefficient (Wildman–Crippen LogP) is 8.39. The summed E-state index contributed by atoms with van der Waals surface area (Å²) in [5, 5.41) is 9.14. The summed E-state index contributed by atoms with van der Waals surface area (Å²) >= 11 is 2.02. The van der Waals surface area contributed by atoms with E-state index in [2.05, 4.69) is 128 Å². The molecule has 0 saturated carbocycles. The lowest BCUT2D eigenvalue weighted by Crippen LogP contribution is -2.65. The third kappa shape index (κ3) is 4.73. The van der Waals surface area contributed by atoms with E-state index in [9.17, 15) is 0 Å². The van der Waals surface area contributed by atoms with Gasteiger partial charge in [-0.1, -0.05) is 130 Å². The number of benzene rings is 3. The molecule has 0 N–H and O–H groups in total. The van der Waals surface area contributed by atoms with Crippen molar-refractivity contribution in [3.63, 3.8) is 0 Å². The third-order valence-corrected chi connectivity index (χ3v) is 23.7. The van der Waals surface area contributed by atoms with Crippen molar-refractivity contribution in [2.75, 3.05) is 0 Å². The molecule has 1 aliphatic heterocycles. The zero-order chi connectivity index (χ0) is 29.5. The number of thiophene rings is 1. The van der Waals surface area contributed by atoms with Gasteiger partial charge in [0.2, 0.25) is 0 Å². The Morgan fingerprint density at radius 2 is 1.49 bits per heavy atom. The molecular weight excluding hydrogens is 563 g/mol. The predicted molar refractivity (Wildman–Crippen MR) is 193 cm³/mol. The van der Waals surface area contributed by atoms with E-state index >= 15 is 0 Å². The van der Waals surface area contributed by atoms with Gasteiger partial charge in [0, 0.05) is 11.8 Å². The summed E-state index contributed by atoms with van der Waals surface area (Å²) in [6.45, 7) is 24.8. The smallest absolute Gasteiger partial charge is 0.125 e. The highest BCUT2D eigenvalue weighted by Crippen LogP contribution is 2.38. The van der Waals surface area contributed by atoms with Crippen molar-refractivity contribution in [2.45, 2.75) is 84.5 Å². The van der Waals surface area contributed by atoms with Crippen LogP contribution in [0.5, 0.6) is 0 Å². The van der Waals surface area contributed by atoms with E-state index in [-0.39, 0.29) is 5.41 Å². The Balaban J connectivity index is 1.53. The molecule has 5 heteroatoms. The van der Waals surface area contributed by atoms with Gasteiger partial charge in [0.15, 0.2) is 0 Å². The van der Waals surface area contributed by atoms with Crippen molar-refractivity contribution in [1.29, 1.82) is 0 Å². The van der Waals surface area contributed by atoms with Crippen molar-refractivity contribution in [1.82, 2.24) is 4.98 Å². The van der Waals surface area contributed by atoms with Gasteiger partial charge < -0.3 is 0 Å². The van der Waals surface area contributed by atoms with Crippen LogP contribution in [-0.4, -0.2) is 29.2 Å². The number of aryl methyl sites for hydroxylation is 1. The first-order valence-corrected chi connectivity index (χ1v) is 25.4. The Morgan fingerprint density at radius 1 is 0.805 bits per heavy atom. The van der Waals surface area contributed by atoms with Crippen LogP contribution < -0.4 is 20.1 Å². The topological polar surface area (TPSA) is 12.9 Å². The minimum atomic E-state index is -1.93. The number of nitrogens with zero attached hydrogens (tertiary/aromatic N) is 1. The molecule has 0 spiro atoms. The largest absolute Gasteiger partial charge is 0.255 e. The van der Waals surface area contributed by atoms with E-state index in [4.69, 9.17) is 4.98 Å². The first-order chi connectivity index (χ1) is 19.1. The highest BCUT2D eigenvalue weighted by Gasteiger charge is 2.41. The van der Waals surface area contributed by atoms with Gasteiger partial charge in [-0.05, 0) is 62.3 Å². The quantitative estimate of drug-likeness (QED) is 0.188. The van der Waals surface area contributed by atoms with Crippen LogP contribution in [0.4, 0.5) is 0 Å². The molecule has 0 bridgehead atoms. The average molecular weight is 608 g/mol. The first-order valence-electron chi connectivity index (χ1n) is 15.2. The Kier molecular flexibility index (Phi) is 6.74. The van der Waals surface area contributed by atoms with Crippen LogP contribution in [-0.2, 0) is 5.41 Å². The molecular formula is C36H45NSSi3. The Labute approximate surface area is 254 Å². The highest BCUT2D eigenvalue weighted by molar-refractivity contribution is 7.34. The van der Waals surface area contributed by atoms with Crippen LogP contribution in [0.1, 0.15) is 31.9 Å². The molecule has 1 aliphatic rings. The monoisotopic (exact) mass is 607 g/mol. The summed E-state index contributed by atoms with van der Waals surface area (Å²) in [6.07, 6.45) is 2.03. The summed E-state index contributed by atoms with van der Waals surface area (Å²) in [6, 6.07) is 26.5. The van der Waals surface area contributed by atoms with Crippen LogP contribution in [0.25, 0.3) is 32.1 Å². The molecule has 0 atom stereocenters. The van der Waals surface area contributed by atoms with Crippen molar-refractivity contribution in [3.05, 3.63) is 78.0 Å². The second kappa shape index (κ2) is 9.60. The average Bonchev–Trinajstić information content (AvgIpc) is 3.27. The fourth-order valence-electron chi connectivity index (χ4n) is 7.13. The van der Waals surface area contributed by atoms with E-state index in [0.717, 1.165) is 5.69 Å². The normalized spacial score (nSPS) is 16.7. The lowest BCUT2D eigenvalue weighted by atomic mass is 9.82. The molecule has 212 valence electrons. The van der Waals surface area contributed by atoms with Crippen molar-refractivity contribution >= 4 is 76.5 Å². The molecule has 0 amide bonds. The third-order valence-electron chi connectivity index (χ3n) is 9.94. The van der Waals surface area contributed by atoms with E-state index in [1.54, 1.807) is 20.1 Å². The van der Waals surface area contributed by atoms with Crippen LogP contribution in [0, 0.1) is 6.92 Å². The van der Waals surface area contributed by atoms with E-state index in [1.807, 2.05) is 17.5 Å². The first kappa shape index (κ1) is 28.8. The molecule has 0 fully saturated rings. The van der Waals surface area contributed by atoms with Crippen molar-refractivity contribution in [3.8, 4) is 11.3 Å². The molecule has 1 nitrogen and oxygen atoms in total. The van der Waals surface area contributed by atoms with Gasteiger partial charge in [-0.25, -0.2) is 0 Å². The molecule has 6 rings (SSSR count). The van der Waals surface area contributed by atoms with Crippen LogP contribution in [0.2, 0.25) is 51.4 Å². The number of hydrogen-bond acceptors (Lipinski definition) is 2. The molecule has 0 radical (unpaired) electrons. The summed E-state index contributed by atoms with van der Waals surface area (Å²) in [5.74, 6) is 0. The van der Waals surface area contributed by atoms with Gasteiger partial charge in [-0.2, -0.15) is 0 Å². The van der Waals surface area contributed by atoms with E-state index in [1.165, 1.54) is 49.6 Å². The maximum atomic E-state index is 5.04. The van der Waals surface area contributed by atoms with Gasteiger partial charge in [0.05, 0.1) is 26.5 Å². The van der Waals surface area contributed by atoms with Gasteiger partial charge >= 0.3 is 0 Å². The number of rotatable bonds is 3. The molecule has 41 heavy (non-hydrogen) atoms. The number of pyridine rings is 1. The lowest BCUT2D eigenvalue weighted by molar-refractivity contribution is 0.596. The molecule has 3 aromatic carbocycles. The maximum Gasteiger partial charge on any atom is 0.125 e. The maximum absolute atomic E-state index is 5.04. The zero-order valence-electron chi connectivity index (χ0n) is 26.6. The number of hydrogen-bond donors (Lipinski definition) is 0. The second-order valence-electron chi connectivity index (χ2n) is 15.2. The molecule has 0 saturated heterocycles. The van der Waals surface area contributed by atoms with Crippen LogP contribution >= 0.6 is 11.3 Å². The van der Waals surface area contributed by atoms with Crippen LogP contribution in [0.15, 0.2) is 66.9 Å². The van der Waals surface area contributed by atoms with Gasteiger partial charge in [-0.15, -0.1) is 11.3 Å². The van der Waals surface area contributed by atoms with E-state index < -0.39 is 24.2 Å². The van der Waals surface area contributed by atoms with Crippen molar-refractivity contribution in [2.24, 2.45) is 0 Å². The molecule has 0 unspecified atom stereocenters. The van der Waals surface area contributed by atoms with Crippen molar-refractivity contribution < 1.29 is 0 Å². The minimum absolute atomic E-state index is 0.0515. The SMILES string of the molecule is Cc1c([Si](C)(C)c2ccc3c(c2)[Si](C)(C)CC[Si]3(C)C)sc2c(-c3cc(C(C)(C)C)c4ccccc4c3)nccc12. The summed E-state index contributed by atoms with van der Waals surface area (Å²) in [5.41, 5.74) is 5.27. The van der Waals surface area contributed by atoms with E-state index in [0.29, 0.717) is 0 Å². The molecule has 0 aliphatic carbocycles. The molecule has 2 aromatic heterocycles. The summed E-state index contributed by atoms with van der Waals surface area (Å²) in [7, 11) is -4.67. The fraction of sp³-hybridized carbons (Fsp3) is 0.361. The Bertz CT molecular complexity index is 1820. The number of fused-ring (bicyclic) bond motifs is 3. The molecule has 3 heterocycles. The van der Waals surface area contributed by atoms with Gasteiger partial charge in [-0.3, -0.25) is 4.98 Å². The summed E-state index contributed by atoms with van der Waals surface area (Å²) in [4.78, 5) is 5.04. The highest BCUT2D eigenvalue weighted by atomic mass is 32.1. The van der Waals surface area contributed by atoms with Crippen LogP contribution in [0.3, 0.4) is 0 Å². The Hall–Kier alpha value is -2.32. The second-order valence-corrected chi connectivity index (χ2v) is 30.6. The summed E-state index contributed by atoms with van der Waals surface area (Å²) < 4.78 is 2.95. The van der Waals surface area contributed by atoms with Gasteiger partial charge in [0.1, 0.15) is 8.07 Å². The number of aromatic nitrogens is 1. The lowest BCUT2D eigenvalue weighted by Gasteiger charge is -2.40. The zero-order valence-corrected chi connectivity index (χ0v) is 30.4. The minimum Gasteiger partial charge on any atom is -0.255 e. The molecule has 5 aromatic rings. The standard InChI is InChI=1S/C36H45NSSi3/c1-24-28-17-18-37-33(26-21-25-13-11-12-14-29(25)30(22-26)36(2,3)4)34(28)38-35(24)41(9,10)27-15-16-31-32(23-27)40(7,8)20-19-39(31,5)6/h11-18,21-23H,19-20H2,1-10H3. The Morgan fingerprint density at radius 3 is 2.20 bits per heavy atom. The fourth-order valence-corrected chi connectivity index (χ4v) is 22.6.